The Hall–Kier alpha value is -3.45. The quantitative estimate of drug-likeness (QED) is 0.245. The van der Waals surface area contributed by atoms with Crippen LogP contribution in [0.1, 0.15) is 32.8 Å². The lowest BCUT2D eigenvalue weighted by molar-refractivity contribution is -0.508. The van der Waals surface area contributed by atoms with Crippen LogP contribution in [0.2, 0.25) is 0 Å². The van der Waals surface area contributed by atoms with Gasteiger partial charge in [-0.25, -0.2) is 0 Å². The standard InChI is InChI=1S/C30H28N/c1-30(2,3)25-16-14-23-15-17-27-26(28(23)20-25)18-19-31(4)29(27)24-12-10-22(11-13-24)21-8-6-5-7-9-21/h5-8,10-20H,4,9H2,1-3H3/q+1. The van der Waals surface area contributed by atoms with Crippen molar-refractivity contribution in [3.63, 3.8) is 0 Å². The number of rotatable bonds is 0. The molecule has 0 N–H and O–H groups in total. The summed E-state index contributed by atoms with van der Waals surface area (Å²) in [6.45, 7) is 11.1. The molecule has 1 aliphatic carbocycles. The average Bonchev–Trinajstić information content (AvgIpc) is 2.78. The molecule has 1 nitrogen and oxygen atoms in total. The average molecular weight is 403 g/mol. The molecule has 0 bridgehead atoms. The SMILES string of the molecule is C=[n+]1ccc2c(ccc3ccc(C(C)(C)C)cc32)c1=c1ccc(=C2C=CC=CC2)cc1. The summed E-state index contributed by atoms with van der Waals surface area (Å²) in [5.41, 5.74) is 2.84. The molecule has 3 aromatic carbocycles. The molecule has 31 heavy (non-hydrogen) atoms. The van der Waals surface area contributed by atoms with Gasteiger partial charge in [-0.15, -0.1) is 0 Å². The van der Waals surface area contributed by atoms with Gasteiger partial charge < -0.3 is 0 Å². The molecule has 1 aromatic heterocycles. The second kappa shape index (κ2) is 7.35. The van der Waals surface area contributed by atoms with Crippen LogP contribution in [0, 0.1) is 17.3 Å². The van der Waals surface area contributed by atoms with Crippen molar-refractivity contribution in [2.24, 2.45) is 0 Å². The second-order valence-corrected chi connectivity index (χ2v) is 9.44. The highest BCUT2D eigenvalue weighted by molar-refractivity contribution is 6.07. The Labute approximate surface area is 183 Å². The van der Waals surface area contributed by atoms with Gasteiger partial charge in [0.2, 0.25) is 5.35 Å². The molecule has 0 unspecified atom stereocenters. The molecule has 4 aromatic rings. The summed E-state index contributed by atoms with van der Waals surface area (Å²) >= 11 is 0. The first kappa shape index (κ1) is 19.5. The molecule has 0 aliphatic heterocycles. The Bertz CT molecular complexity index is 1570. The summed E-state index contributed by atoms with van der Waals surface area (Å²) in [7, 11) is 0. The van der Waals surface area contributed by atoms with Crippen molar-refractivity contribution in [1.29, 1.82) is 0 Å². The van der Waals surface area contributed by atoms with Crippen molar-refractivity contribution in [2.45, 2.75) is 32.6 Å². The fourth-order valence-corrected chi connectivity index (χ4v) is 4.48. The minimum Gasteiger partial charge on any atom is -0.173 e. The zero-order valence-electron chi connectivity index (χ0n) is 18.5. The smallest absolute Gasteiger partial charge is 0.173 e. The molecule has 1 aliphatic rings. The maximum absolute atomic E-state index is 4.29. The lowest BCUT2D eigenvalue weighted by atomic mass is 9.85. The fraction of sp³-hybridized carbons (Fsp3) is 0.167. The van der Waals surface area contributed by atoms with E-state index in [2.05, 4.69) is 119 Å². The monoisotopic (exact) mass is 402 g/mol. The number of allylic oxidation sites excluding steroid dienone is 4. The summed E-state index contributed by atoms with van der Waals surface area (Å²) in [5, 5.41) is 8.70. The number of nitrogens with zero attached hydrogens (tertiary/aromatic N) is 1. The third-order valence-corrected chi connectivity index (χ3v) is 6.30. The van der Waals surface area contributed by atoms with E-state index in [4.69, 9.17) is 0 Å². The fourth-order valence-electron chi connectivity index (χ4n) is 4.48. The summed E-state index contributed by atoms with van der Waals surface area (Å²) in [6, 6.07) is 22.4. The highest BCUT2D eigenvalue weighted by atomic mass is 14.8. The summed E-state index contributed by atoms with van der Waals surface area (Å²) in [4.78, 5) is 0. The van der Waals surface area contributed by atoms with E-state index in [9.17, 15) is 0 Å². The number of fused-ring (bicyclic) bond motifs is 3. The minimum atomic E-state index is 0.121. The molecular weight excluding hydrogens is 374 g/mol. The van der Waals surface area contributed by atoms with Gasteiger partial charge in [0.05, 0.1) is 5.39 Å². The topological polar surface area (TPSA) is 5.90 Å². The van der Waals surface area contributed by atoms with Crippen LogP contribution in [0.15, 0.2) is 91.2 Å². The Balaban J connectivity index is 1.84. The first-order valence-corrected chi connectivity index (χ1v) is 10.9. The third-order valence-electron chi connectivity index (χ3n) is 6.30. The van der Waals surface area contributed by atoms with Crippen molar-refractivity contribution in [3.8, 4) is 0 Å². The van der Waals surface area contributed by atoms with Crippen LogP contribution in [0.4, 0.5) is 0 Å². The van der Waals surface area contributed by atoms with Gasteiger partial charge >= 0.3 is 0 Å². The zero-order valence-corrected chi connectivity index (χ0v) is 18.5. The molecule has 0 atom stereocenters. The van der Waals surface area contributed by atoms with Crippen LogP contribution in [0.25, 0.3) is 27.1 Å². The highest BCUT2D eigenvalue weighted by Gasteiger charge is 2.15. The first-order valence-electron chi connectivity index (χ1n) is 10.9. The number of hydrogen-bond acceptors (Lipinski definition) is 0. The highest BCUT2D eigenvalue weighted by Crippen LogP contribution is 2.30. The van der Waals surface area contributed by atoms with E-state index in [-0.39, 0.29) is 5.41 Å². The zero-order chi connectivity index (χ0) is 21.6. The Morgan fingerprint density at radius 3 is 2.23 bits per heavy atom. The lowest BCUT2D eigenvalue weighted by Crippen LogP contribution is -2.16. The van der Waals surface area contributed by atoms with E-state index in [0.29, 0.717) is 0 Å². The van der Waals surface area contributed by atoms with E-state index in [1.54, 1.807) is 0 Å². The normalized spacial score (nSPS) is 14.0. The molecule has 0 amide bonds. The number of pyridine rings is 1. The van der Waals surface area contributed by atoms with Crippen molar-refractivity contribution < 1.29 is 4.24 Å². The van der Waals surface area contributed by atoms with E-state index in [1.807, 2.05) is 4.24 Å². The van der Waals surface area contributed by atoms with Crippen molar-refractivity contribution in [3.05, 3.63) is 119 Å². The minimum absolute atomic E-state index is 0.121. The predicted octanol–water partition coefficient (Wildman–Crippen LogP) is 6.17. The first-order chi connectivity index (χ1) is 14.9. The molecule has 0 fully saturated rings. The van der Waals surface area contributed by atoms with Crippen LogP contribution >= 0.6 is 0 Å². The Kier molecular flexibility index (Phi) is 4.63. The number of benzene rings is 3. The molecule has 0 saturated heterocycles. The van der Waals surface area contributed by atoms with Crippen molar-refractivity contribution >= 4 is 27.1 Å². The third kappa shape index (κ3) is 3.51. The molecule has 1 heteroatoms. The lowest BCUT2D eigenvalue weighted by Gasteiger charge is -2.19. The molecule has 0 radical (unpaired) electrons. The van der Waals surface area contributed by atoms with Gasteiger partial charge in [0.25, 0.3) is 0 Å². The Morgan fingerprint density at radius 2 is 1.52 bits per heavy atom. The molecule has 152 valence electrons. The van der Waals surface area contributed by atoms with Gasteiger partial charge in [-0.3, -0.25) is 0 Å². The molecule has 1 heterocycles. The van der Waals surface area contributed by atoms with Gasteiger partial charge in [0.15, 0.2) is 6.20 Å². The van der Waals surface area contributed by atoms with Gasteiger partial charge in [-0.1, -0.05) is 75.4 Å². The summed E-state index contributed by atoms with van der Waals surface area (Å²) < 4.78 is 1.99. The maximum Gasteiger partial charge on any atom is 0.225 e. The number of hydrogen-bond donors (Lipinski definition) is 0. The summed E-state index contributed by atoms with van der Waals surface area (Å²) in [5.74, 6) is 0. The van der Waals surface area contributed by atoms with Gasteiger partial charge in [0.1, 0.15) is 6.72 Å². The van der Waals surface area contributed by atoms with Crippen molar-refractivity contribution in [2.75, 3.05) is 0 Å². The van der Waals surface area contributed by atoms with Crippen molar-refractivity contribution in [1.82, 2.24) is 0 Å². The van der Waals surface area contributed by atoms with Crippen LogP contribution < -0.4 is 9.46 Å². The van der Waals surface area contributed by atoms with E-state index in [1.165, 1.54) is 43.1 Å². The van der Waals surface area contributed by atoms with Gasteiger partial charge in [-0.05, 0) is 63.2 Å². The molecule has 5 rings (SSSR count). The van der Waals surface area contributed by atoms with Crippen LogP contribution in [-0.4, -0.2) is 0 Å². The second-order valence-electron chi connectivity index (χ2n) is 9.44. The Morgan fingerprint density at radius 1 is 0.774 bits per heavy atom. The van der Waals surface area contributed by atoms with Crippen LogP contribution in [-0.2, 0) is 5.41 Å². The van der Waals surface area contributed by atoms with E-state index >= 15 is 0 Å². The maximum atomic E-state index is 4.29. The van der Waals surface area contributed by atoms with Crippen LogP contribution in [0.3, 0.4) is 0 Å². The predicted molar refractivity (Wildman–Crippen MR) is 131 cm³/mol. The summed E-state index contributed by atoms with van der Waals surface area (Å²) in [6.07, 6.45) is 11.7. The molecule has 0 spiro atoms. The molecular formula is C30H28N+. The largest absolute Gasteiger partial charge is 0.225 e. The number of aromatic nitrogens is 1. The van der Waals surface area contributed by atoms with Gasteiger partial charge in [-0.2, -0.15) is 4.24 Å². The van der Waals surface area contributed by atoms with Crippen LogP contribution in [0.5, 0.6) is 0 Å². The van der Waals surface area contributed by atoms with E-state index < -0.39 is 0 Å². The molecule has 0 saturated carbocycles. The van der Waals surface area contributed by atoms with E-state index in [0.717, 1.165) is 11.8 Å². The van der Waals surface area contributed by atoms with Gasteiger partial charge in [0, 0.05) is 16.7 Å².